The first kappa shape index (κ1) is 23.4. The number of rotatable bonds is 1. The molecule has 0 bridgehead atoms. The minimum Gasteiger partial charge on any atom is -0.109 e. The van der Waals surface area contributed by atoms with Gasteiger partial charge in [-0.2, -0.15) is 0 Å². The van der Waals surface area contributed by atoms with Crippen LogP contribution in [0.1, 0.15) is 47.1 Å². The zero-order valence-electron chi connectivity index (χ0n) is 22.2. The zero-order valence-corrected chi connectivity index (χ0v) is 23.4. The molecule has 0 heterocycles. The molecule has 5 aromatic rings. The van der Waals surface area contributed by atoms with E-state index in [0.29, 0.717) is 5.92 Å². The van der Waals surface area contributed by atoms with Gasteiger partial charge in [0.15, 0.2) is 0 Å². The van der Waals surface area contributed by atoms with E-state index in [1.165, 1.54) is 65.1 Å². The van der Waals surface area contributed by atoms with Gasteiger partial charge in [0.1, 0.15) is 0 Å². The molecule has 0 radical (unpaired) electrons. The molecule has 36 heavy (non-hydrogen) atoms. The minimum atomic E-state index is 0.0409. The van der Waals surface area contributed by atoms with Gasteiger partial charge < -0.3 is 0 Å². The molecule has 0 aliphatic heterocycles. The number of allylic oxidation sites excluding steroid dienone is 4. The lowest BCUT2D eigenvalue weighted by molar-refractivity contribution is 0.340. The van der Waals surface area contributed by atoms with E-state index in [1.54, 1.807) is 0 Å². The molecule has 1 heteroatoms. The van der Waals surface area contributed by atoms with Crippen LogP contribution in [0.4, 0.5) is 0 Å². The number of benzene rings is 5. The van der Waals surface area contributed by atoms with Gasteiger partial charge in [-0.15, -0.1) is 9.24 Å². The van der Waals surface area contributed by atoms with Crippen LogP contribution < -0.4 is 0 Å². The third-order valence-electron chi connectivity index (χ3n) is 7.91. The van der Waals surface area contributed by atoms with Crippen molar-refractivity contribution in [1.29, 1.82) is 0 Å². The Bertz CT molecular complexity index is 1750. The third kappa shape index (κ3) is 3.62. The summed E-state index contributed by atoms with van der Waals surface area (Å²) in [4.78, 5) is 0. The maximum atomic E-state index is 3.14. The summed E-state index contributed by atoms with van der Waals surface area (Å²) in [5.74, 6) is 0.394. The van der Waals surface area contributed by atoms with E-state index in [2.05, 4.69) is 136 Å². The fraction of sp³-hybridized carbons (Fsp3) is 0.257. The van der Waals surface area contributed by atoms with Crippen molar-refractivity contribution in [1.82, 2.24) is 0 Å². The predicted octanol–water partition coefficient (Wildman–Crippen LogP) is 10.5. The Morgan fingerprint density at radius 3 is 1.83 bits per heavy atom. The molecule has 0 aromatic heterocycles. The van der Waals surface area contributed by atoms with Gasteiger partial charge in [0.25, 0.3) is 0 Å². The van der Waals surface area contributed by atoms with Gasteiger partial charge in [-0.1, -0.05) is 108 Å². The Morgan fingerprint density at radius 2 is 1.17 bits per heavy atom. The maximum absolute atomic E-state index is 3.14. The van der Waals surface area contributed by atoms with Gasteiger partial charge in [-0.25, -0.2) is 0 Å². The summed E-state index contributed by atoms with van der Waals surface area (Å²) in [7, 11) is 3.14. The van der Waals surface area contributed by atoms with Crippen LogP contribution >= 0.6 is 9.24 Å². The van der Waals surface area contributed by atoms with Crippen LogP contribution in [-0.4, -0.2) is 0 Å². The van der Waals surface area contributed by atoms with E-state index in [9.17, 15) is 0 Å². The lowest BCUT2D eigenvalue weighted by Gasteiger charge is -2.29. The molecule has 0 saturated heterocycles. The maximum Gasteiger partial charge on any atom is 0.00782 e. The molecule has 180 valence electrons. The average Bonchev–Trinajstić information content (AvgIpc) is 3.19. The van der Waals surface area contributed by atoms with Crippen molar-refractivity contribution in [2.75, 3.05) is 0 Å². The fourth-order valence-corrected chi connectivity index (χ4v) is 7.45. The van der Waals surface area contributed by atoms with Crippen molar-refractivity contribution in [3.63, 3.8) is 0 Å². The lowest BCUT2D eigenvalue weighted by atomic mass is 9.78. The second kappa shape index (κ2) is 8.03. The van der Waals surface area contributed by atoms with Gasteiger partial charge >= 0.3 is 0 Å². The molecule has 0 spiro atoms. The molecule has 0 saturated carbocycles. The summed E-state index contributed by atoms with van der Waals surface area (Å²) < 4.78 is 0. The van der Waals surface area contributed by atoms with Crippen LogP contribution in [0, 0.1) is 16.7 Å². The summed E-state index contributed by atoms with van der Waals surface area (Å²) in [5, 5.41) is 12.0. The summed E-state index contributed by atoms with van der Waals surface area (Å²) in [5.41, 5.74) is 4.47. The Hall–Kier alpha value is -2.95. The molecule has 1 aliphatic rings. The second-order valence-corrected chi connectivity index (χ2v) is 13.2. The Morgan fingerprint density at radius 1 is 0.583 bits per heavy atom. The highest BCUT2D eigenvalue weighted by Gasteiger charge is 2.37. The van der Waals surface area contributed by atoms with Crippen molar-refractivity contribution < 1.29 is 0 Å². The van der Waals surface area contributed by atoms with Gasteiger partial charge in [-0.3, -0.25) is 0 Å². The van der Waals surface area contributed by atoms with Gasteiger partial charge in [-0.05, 0) is 94.1 Å². The molecule has 2 atom stereocenters. The van der Waals surface area contributed by atoms with Crippen molar-refractivity contribution in [2.24, 2.45) is 16.7 Å². The first-order valence-corrected chi connectivity index (χ1v) is 13.6. The molecule has 2 unspecified atom stereocenters. The highest BCUT2D eigenvalue weighted by atomic mass is 31.0. The standard InChI is InChI=1S/C35H35P/c1-34(2,3)30-20-29(32(33(30)36)35(4,5)6)31-25-14-10-9-13-23(25)19-28-26(31)16-15-24-17-21-11-7-8-12-22(21)18-27(24)28/h7-20,30H,36H2,1-6H3. The Labute approximate surface area is 217 Å². The van der Waals surface area contributed by atoms with Crippen LogP contribution in [-0.2, 0) is 0 Å². The van der Waals surface area contributed by atoms with Crippen molar-refractivity contribution >= 4 is 57.9 Å². The molecule has 5 aromatic carbocycles. The first-order chi connectivity index (χ1) is 17.0. The smallest absolute Gasteiger partial charge is 0.00782 e. The molecule has 0 nitrogen and oxygen atoms in total. The molecular weight excluding hydrogens is 451 g/mol. The largest absolute Gasteiger partial charge is 0.109 e. The monoisotopic (exact) mass is 486 g/mol. The van der Waals surface area contributed by atoms with Crippen molar-refractivity contribution in [2.45, 2.75) is 41.5 Å². The Balaban J connectivity index is 1.77. The number of fused-ring (bicyclic) bond motifs is 5. The average molecular weight is 487 g/mol. The minimum absolute atomic E-state index is 0.0409. The summed E-state index contributed by atoms with van der Waals surface area (Å²) in [6.07, 6.45) is 2.56. The zero-order chi connectivity index (χ0) is 25.4. The van der Waals surface area contributed by atoms with E-state index in [0.717, 1.165) is 0 Å². The van der Waals surface area contributed by atoms with Crippen molar-refractivity contribution in [3.8, 4) is 0 Å². The molecule has 6 rings (SSSR count). The van der Waals surface area contributed by atoms with E-state index in [-0.39, 0.29) is 10.8 Å². The summed E-state index contributed by atoms with van der Waals surface area (Å²) in [6.45, 7) is 14.2. The Kier molecular flexibility index (Phi) is 5.23. The lowest BCUT2D eigenvalue weighted by Crippen LogP contribution is -2.18. The van der Waals surface area contributed by atoms with Crippen LogP contribution in [0.2, 0.25) is 0 Å². The number of hydrogen-bond donors (Lipinski definition) is 0. The van der Waals surface area contributed by atoms with Gasteiger partial charge in [0, 0.05) is 5.92 Å². The quantitative estimate of drug-likeness (QED) is 0.126. The predicted molar refractivity (Wildman–Crippen MR) is 164 cm³/mol. The fourth-order valence-electron chi connectivity index (χ4n) is 6.26. The first-order valence-electron chi connectivity index (χ1n) is 13.0. The van der Waals surface area contributed by atoms with E-state index in [4.69, 9.17) is 0 Å². The SMILES string of the molecule is CC(C)(C)C1=C(P)C(C(C)(C)C)C=C1c1c2ccccc2cc2c1ccc1cc3ccccc3cc12. The van der Waals surface area contributed by atoms with E-state index in [1.807, 2.05) is 0 Å². The third-order valence-corrected chi connectivity index (χ3v) is 8.55. The number of hydrogen-bond acceptors (Lipinski definition) is 0. The molecular formula is C35H35P. The van der Waals surface area contributed by atoms with Gasteiger partial charge in [0.2, 0.25) is 0 Å². The second-order valence-electron chi connectivity index (χ2n) is 12.6. The highest BCUT2D eigenvalue weighted by molar-refractivity contribution is 7.22. The van der Waals surface area contributed by atoms with Crippen molar-refractivity contribution in [3.05, 3.63) is 101 Å². The molecule has 1 aliphatic carbocycles. The highest BCUT2D eigenvalue weighted by Crippen LogP contribution is 2.55. The molecule has 0 amide bonds. The van der Waals surface area contributed by atoms with E-state index >= 15 is 0 Å². The molecule has 0 fully saturated rings. The summed E-state index contributed by atoms with van der Waals surface area (Å²) >= 11 is 0. The van der Waals surface area contributed by atoms with E-state index < -0.39 is 0 Å². The van der Waals surface area contributed by atoms with Crippen LogP contribution in [0.25, 0.3) is 48.7 Å². The topological polar surface area (TPSA) is 0 Å². The van der Waals surface area contributed by atoms with Gasteiger partial charge in [0.05, 0.1) is 0 Å². The van der Waals surface area contributed by atoms with Crippen LogP contribution in [0.5, 0.6) is 0 Å². The normalized spacial score (nSPS) is 17.1. The molecule has 0 N–H and O–H groups in total. The van der Waals surface area contributed by atoms with Crippen LogP contribution in [0.3, 0.4) is 0 Å². The van der Waals surface area contributed by atoms with Crippen LogP contribution in [0.15, 0.2) is 95.8 Å². The summed E-state index contributed by atoms with van der Waals surface area (Å²) in [6, 6.07) is 29.4.